The standard InChI is InChI=1S/C12H12FNO3S/c13-8-3-5-9(6-4-8)17-7-1-2-10-11(15)14-12(16)18-10/h3-6,15H,1-2,7H2,(H,14,16). The number of aryl methyl sites for hydroxylation is 1. The lowest BCUT2D eigenvalue weighted by molar-refractivity contribution is 0.310. The molecule has 2 N–H and O–H groups in total. The van der Waals surface area contributed by atoms with Gasteiger partial charge in [-0.2, -0.15) is 0 Å². The number of H-pyrrole nitrogens is 1. The lowest BCUT2D eigenvalue weighted by atomic mass is 10.3. The molecular formula is C12H12FNO3S. The van der Waals surface area contributed by atoms with Crippen molar-refractivity contribution in [1.82, 2.24) is 4.98 Å². The fraction of sp³-hybridized carbons (Fsp3) is 0.250. The fourth-order valence-electron chi connectivity index (χ4n) is 1.48. The lowest BCUT2D eigenvalue weighted by Gasteiger charge is -2.05. The zero-order valence-electron chi connectivity index (χ0n) is 9.48. The summed E-state index contributed by atoms with van der Waals surface area (Å²) in [6.45, 7) is 0.442. The molecule has 0 fully saturated rings. The maximum absolute atomic E-state index is 12.6. The van der Waals surface area contributed by atoms with Crippen LogP contribution in [0.25, 0.3) is 0 Å². The maximum Gasteiger partial charge on any atom is 0.307 e. The second-order valence-electron chi connectivity index (χ2n) is 3.69. The Morgan fingerprint density at radius 1 is 1.33 bits per heavy atom. The van der Waals surface area contributed by atoms with Crippen molar-refractivity contribution >= 4 is 11.3 Å². The number of halogens is 1. The van der Waals surface area contributed by atoms with Crippen LogP contribution in [0.15, 0.2) is 29.1 Å². The van der Waals surface area contributed by atoms with Crippen LogP contribution in [0.5, 0.6) is 11.6 Å². The summed E-state index contributed by atoms with van der Waals surface area (Å²) in [6.07, 6.45) is 1.23. The van der Waals surface area contributed by atoms with E-state index in [0.717, 1.165) is 11.3 Å². The molecule has 0 aliphatic heterocycles. The highest BCUT2D eigenvalue weighted by molar-refractivity contribution is 7.09. The quantitative estimate of drug-likeness (QED) is 0.819. The van der Waals surface area contributed by atoms with Gasteiger partial charge in [-0.3, -0.25) is 9.78 Å². The van der Waals surface area contributed by atoms with E-state index in [1.165, 1.54) is 12.1 Å². The monoisotopic (exact) mass is 269 g/mol. The molecule has 0 saturated heterocycles. The Morgan fingerprint density at radius 3 is 2.67 bits per heavy atom. The second kappa shape index (κ2) is 5.68. The fourth-order valence-corrected chi connectivity index (χ4v) is 2.24. The second-order valence-corrected chi connectivity index (χ2v) is 4.76. The molecule has 2 aromatic rings. The Kier molecular flexibility index (Phi) is 3.99. The van der Waals surface area contributed by atoms with Crippen LogP contribution in [0.1, 0.15) is 11.3 Å². The number of nitrogens with one attached hydrogen (secondary N) is 1. The van der Waals surface area contributed by atoms with E-state index in [9.17, 15) is 14.3 Å². The number of hydrogen-bond acceptors (Lipinski definition) is 4. The number of hydrogen-bond donors (Lipinski definition) is 2. The molecule has 0 atom stereocenters. The normalized spacial score (nSPS) is 10.5. The summed E-state index contributed by atoms with van der Waals surface area (Å²) >= 11 is 0.996. The molecule has 2 rings (SSSR count). The minimum Gasteiger partial charge on any atom is -0.494 e. The van der Waals surface area contributed by atoms with Crippen molar-refractivity contribution in [3.8, 4) is 11.6 Å². The number of aromatic amines is 1. The van der Waals surface area contributed by atoms with Gasteiger partial charge in [0.25, 0.3) is 0 Å². The lowest BCUT2D eigenvalue weighted by Crippen LogP contribution is -1.98. The predicted octanol–water partition coefficient (Wildman–Crippen LogP) is 2.29. The third kappa shape index (κ3) is 3.33. The maximum atomic E-state index is 12.6. The number of aromatic hydroxyl groups is 1. The van der Waals surface area contributed by atoms with Gasteiger partial charge in [0.05, 0.1) is 11.5 Å². The first-order valence-electron chi connectivity index (χ1n) is 5.44. The van der Waals surface area contributed by atoms with Crippen molar-refractivity contribution in [3.63, 3.8) is 0 Å². The molecule has 6 heteroatoms. The first-order chi connectivity index (χ1) is 8.65. The van der Waals surface area contributed by atoms with Crippen LogP contribution >= 0.6 is 11.3 Å². The van der Waals surface area contributed by atoms with Crippen LogP contribution < -0.4 is 9.61 Å². The first kappa shape index (κ1) is 12.6. The van der Waals surface area contributed by atoms with E-state index < -0.39 is 0 Å². The molecule has 96 valence electrons. The first-order valence-corrected chi connectivity index (χ1v) is 6.26. The van der Waals surface area contributed by atoms with Gasteiger partial charge in [0.15, 0.2) is 0 Å². The van der Waals surface area contributed by atoms with Gasteiger partial charge in [-0.25, -0.2) is 4.39 Å². The Morgan fingerprint density at radius 2 is 2.06 bits per heavy atom. The Bertz CT molecular complexity index is 561. The van der Waals surface area contributed by atoms with Crippen molar-refractivity contribution in [2.45, 2.75) is 12.8 Å². The molecule has 1 aromatic carbocycles. The largest absolute Gasteiger partial charge is 0.494 e. The molecule has 0 aliphatic rings. The smallest absolute Gasteiger partial charge is 0.307 e. The number of aromatic nitrogens is 1. The Hall–Kier alpha value is -1.82. The summed E-state index contributed by atoms with van der Waals surface area (Å²) < 4.78 is 18.0. The molecule has 0 spiro atoms. The molecule has 0 aliphatic carbocycles. The van der Waals surface area contributed by atoms with Crippen LogP contribution in [0, 0.1) is 5.82 Å². The molecular weight excluding hydrogens is 257 g/mol. The summed E-state index contributed by atoms with van der Waals surface area (Å²) in [5, 5.41) is 9.35. The van der Waals surface area contributed by atoms with Gasteiger partial charge in [0.2, 0.25) is 5.88 Å². The van der Waals surface area contributed by atoms with Crippen molar-refractivity contribution < 1.29 is 14.2 Å². The molecule has 0 saturated carbocycles. The minimum absolute atomic E-state index is 0.0632. The van der Waals surface area contributed by atoms with Crippen LogP contribution in [-0.4, -0.2) is 16.7 Å². The van der Waals surface area contributed by atoms with Gasteiger partial charge >= 0.3 is 4.87 Å². The van der Waals surface area contributed by atoms with Gasteiger partial charge in [0.1, 0.15) is 11.6 Å². The Balaban J connectivity index is 1.78. The third-order valence-electron chi connectivity index (χ3n) is 2.33. The molecule has 0 amide bonds. The SMILES string of the molecule is O=c1[nH]c(O)c(CCCOc2ccc(F)cc2)s1. The number of ether oxygens (including phenoxy) is 1. The van der Waals surface area contributed by atoms with E-state index in [0.29, 0.717) is 30.1 Å². The van der Waals surface area contributed by atoms with E-state index >= 15 is 0 Å². The molecule has 1 aromatic heterocycles. The minimum atomic E-state index is -0.302. The van der Waals surface area contributed by atoms with Gasteiger partial charge in [-0.15, -0.1) is 0 Å². The molecule has 0 bridgehead atoms. The van der Waals surface area contributed by atoms with Crippen LogP contribution in [0.4, 0.5) is 4.39 Å². The van der Waals surface area contributed by atoms with E-state index in [1.807, 2.05) is 0 Å². The molecule has 0 unspecified atom stereocenters. The van der Waals surface area contributed by atoms with Crippen molar-refractivity contribution in [2.75, 3.05) is 6.61 Å². The third-order valence-corrected chi connectivity index (χ3v) is 3.26. The van der Waals surface area contributed by atoms with Crippen molar-refractivity contribution in [3.05, 3.63) is 44.6 Å². The predicted molar refractivity (Wildman–Crippen MR) is 66.8 cm³/mol. The van der Waals surface area contributed by atoms with Crippen molar-refractivity contribution in [2.24, 2.45) is 0 Å². The van der Waals surface area contributed by atoms with Gasteiger partial charge in [0, 0.05) is 0 Å². The summed E-state index contributed by atoms with van der Waals surface area (Å²) in [5.41, 5.74) is 0. The Labute approximate surface area is 107 Å². The highest BCUT2D eigenvalue weighted by Gasteiger charge is 2.06. The molecule has 0 radical (unpaired) electrons. The molecule has 18 heavy (non-hydrogen) atoms. The number of thiazole rings is 1. The van der Waals surface area contributed by atoms with E-state index in [1.54, 1.807) is 12.1 Å². The van der Waals surface area contributed by atoms with E-state index in [2.05, 4.69) is 4.98 Å². The van der Waals surface area contributed by atoms with Crippen LogP contribution in [0.3, 0.4) is 0 Å². The average molecular weight is 269 g/mol. The zero-order chi connectivity index (χ0) is 13.0. The van der Waals surface area contributed by atoms with E-state index in [4.69, 9.17) is 4.74 Å². The molecule has 1 heterocycles. The van der Waals surface area contributed by atoms with Gasteiger partial charge < -0.3 is 9.84 Å². The topological polar surface area (TPSA) is 62.3 Å². The number of rotatable bonds is 5. The van der Waals surface area contributed by atoms with Crippen molar-refractivity contribution in [1.29, 1.82) is 0 Å². The molecule has 4 nitrogen and oxygen atoms in total. The highest BCUT2D eigenvalue weighted by Crippen LogP contribution is 2.18. The van der Waals surface area contributed by atoms with Gasteiger partial charge in [-0.1, -0.05) is 11.3 Å². The number of benzene rings is 1. The van der Waals surface area contributed by atoms with E-state index in [-0.39, 0.29) is 16.6 Å². The summed E-state index contributed by atoms with van der Waals surface area (Å²) in [6, 6.07) is 5.78. The highest BCUT2D eigenvalue weighted by atomic mass is 32.1. The zero-order valence-corrected chi connectivity index (χ0v) is 10.3. The summed E-state index contributed by atoms with van der Waals surface area (Å²) in [7, 11) is 0. The van der Waals surface area contributed by atoms with Crippen LogP contribution in [0.2, 0.25) is 0 Å². The average Bonchev–Trinajstić information content (AvgIpc) is 2.66. The van der Waals surface area contributed by atoms with Gasteiger partial charge in [-0.05, 0) is 37.1 Å². The summed E-state index contributed by atoms with van der Waals surface area (Å²) in [4.78, 5) is 13.6. The summed E-state index contributed by atoms with van der Waals surface area (Å²) in [5.74, 6) is 0.235. The van der Waals surface area contributed by atoms with Crippen LogP contribution in [-0.2, 0) is 6.42 Å².